The predicted octanol–water partition coefficient (Wildman–Crippen LogP) is 5.50. The Balaban J connectivity index is 1.46. The molecule has 3 aromatic rings. The lowest BCUT2D eigenvalue weighted by atomic mass is 10.1. The number of anilines is 3. The molecule has 0 saturated heterocycles. The molecule has 1 heterocycles. The first-order valence-corrected chi connectivity index (χ1v) is 12.4. The molecule has 9 heteroatoms. The smallest absolute Gasteiger partial charge is 0.338 e. The first-order valence-electron chi connectivity index (χ1n) is 12.0. The fourth-order valence-electron chi connectivity index (χ4n) is 3.78. The third-order valence-corrected chi connectivity index (χ3v) is 6.10. The van der Waals surface area contributed by atoms with E-state index in [2.05, 4.69) is 17.6 Å². The van der Waals surface area contributed by atoms with Gasteiger partial charge in [-0.2, -0.15) is 0 Å². The molecule has 1 aliphatic heterocycles. The van der Waals surface area contributed by atoms with Crippen LogP contribution in [0.1, 0.15) is 47.1 Å². The van der Waals surface area contributed by atoms with Crippen LogP contribution in [-0.4, -0.2) is 29.8 Å². The van der Waals surface area contributed by atoms with Crippen LogP contribution in [0.2, 0.25) is 0 Å². The zero-order valence-corrected chi connectivity index (χ0v) is 21.8. The molecule has 1 aliphatic rings. The van der Waals surface area contributed by atoms with Crippen LogP contribution in [0.25, 0.3) is 0 Å². The minimum Gasteiger partial charge on any atom is -0.459 e. The molecule has 0 fully saturated rings. The Kier molecular flexibility index (Phi) is 7.93. The normalized spacial score (nSPS) is 13.2. The van der Waals surface area contributed by atoms with E-state index in [0.29, 0.717) is 16.9 Å². The number of rotatable bonds is 8. The number of hydrogen-bond donors (Lipinski definition) is 2. The first kappa shape index (κ1) is 26.6. The molecular weight excluding hydrogens is 506 g/mol. The van der Waals surface area contributed by atoms with Crippen molar-refractivity contribution in [3.63, 3.8) is 0 Å². The van der Waals surface area contributed by atoms with E-state index in [-0.39, 0.29) is 34.0 Å². The van der Waals surface area contributed by atoms with Gasteiger partial charge in [-0.3, -0.25) is 14.4 Å². The Morgan fingerprint density at radius 2 is 1.55 bits per heavy atom. The lowest BCUT2D eigenvalue weighted by Gasteiger charge is -2.16. The highest BCUT2D eigenvalue weighted by Gasteiger charge is 2.39. The molecule has 194 valence electrons. The minimum absolute atomic E-state index is 0.111. The van der Waals surface area contributed by atoms with Gasteiger partial charge in [0.1, 0.15) is 10.7 Å². The van der Waals surface area contributed by atoms with Crippen LogP contribution < -0.4 is 15.5 Å². The van der Waals surface area contributed by atoms with Gasteiger partial charge in [0.2, 0.25) is 0 Å². The summed E-state index contributed by atoms with van der Waals surface area (Å²) >= 11 is 6.23. The number of halogens is 1. The number of aryl methyl sites for hydroxylation is 1. The molecule has 0 aromatic heterocycles. The summed E-state index contributed by atoms with van der Waals surface area (Å²) in [7, 11) is 0. The van der Waals surface area contributed by atoms with E-state index < -0.39 is 17.8 Å². The summed E-state index contributed by atoms with van der Waals surface area (Å²) in [6.45, 7) is 5.50. The summed E-state index contributed by atoms with van der Waals surface area (Å²) in [6, 6.07) is 20.0. The highest BCUT2D eigenvalue weighted by Crippen LogP contribution is 2.31. The number of nitrogens with zero attached hydrogens (tertiary/aromatic N) is 1. The molecule has 0 radical (unpaired) electrons. The molecule has 0 saturated carbocycles. The van der Waals surface area contributed by atoms with Crippen molar-refractivity contribution in [1.29, 1.82) is 0 Å². The van der Waals surface area contributed by atoms with Gasteiger partial charge in [0.25, 0.3) is 17.7 Å². The maximum Gasteiger partial charge on any atom is 0.338 e. The minimum atomic E-state index is -0.723. The lowest BCUT2D eigenvalue weighted by Crippen LogP contribution is -2.32. The van der Waals surface area contributed by atoms with Crippen LogP contribution in [0, 0.1) is 0 Å². The summed E-state index contributed by atoms with van der Waals surface area (Å²) in [5.41, 5.74) is 3.00. The van der Waals surface area contributed by atoms with Gasteiger partial charge < -0.3 is 15.4 Å². The molecular formula is C29H26ClN3O5. The van der Waals surface area contributed by atoms with E-state index in [4.69, 9.17) is 16.3 Å². The summed E-state index contributed by atoms with van der Waals surface area (Å²) in [5, 5.41) is 5.43. The van der Waals surface area contributed by atoms with Gasteiger partial charge in [-0.15, -0.1) is 0 Å². The molecule has 3 amide bonds. The maximum atomic E-state index is 13.1. The Morgan fingerprint density at radius 3 is 2.18 bits per heavy atom. The molecule has 4 rings (SSSR count). The zero-order chi connectivity index (χ0) is 27.4. The van der Waals surface area contributed by atoms with Gasteiger partial charge in [-0.05, 0) is 80.4 Å². The summed E-state index contributed by atoms with van der Waals surface area (Å²) < 4.78 is 5.19. The van der Waals surface area contributed by atoms with Gasteiger partial charge in [0.15, 0.2) is 0 Å². The number of imide groups is 1. The standard InChI is InChI=1S/C29H26ClN3O5/c1-4-18-8-12-22(13-9-18)32-26(34)19-10-14-21(15-11-19)31-25-24(30)27(35)33(28(25)36)23-7-5-6-20(16-23)29(37)38-17(2)3/h5-17,31H,4H2,1-3H3,(H,32,34). The van der Waals surface area contributed by atoms with Gasteiger partial charge >= 0.3 is 5.97 Å². The second-order valence-electron chi connectivity index (χ2n) is 8.85. The van der Waals surface area contributed by atoms with Crippen molar-refractivity contribution in [1.82, 2.24) is 0 Å². The number of carbonyl (C=O) groups is 4. The van der Waals surface area contributed by atoms with Crippen molar-refractivity contribution in [2.24, 2.45) is 0 Å². The SMILES string of the molecule is CCc1ccc(NC(=O)c2ccc(NC3=C(Cl)C(=O)N(c4cccc(C(=O)OC(C)C)c4)C3=O)cc2)cc1. The fraction of sp³-hybridized carbons (Fsp3) is 0.172. The molecule has 0 bridgehead atoms. The van der Waals surface area contributed by atoms with Crippen molar-refractivity contribution in [3.05, 3.63) is 100 Å². The molecule has 38 heavy (non-hydrogen) atoms. The maximum absolute atomic E-state index is 13.1. The average molecular weight is 532 g/mol. The Hall–Kier alpha value is -4.43. The van der Waals surface area contributed by atoms with E-state index in [9.17, 15) is 19.2 Å². The molecule has 0 atom stereocenters. The van der Waals surface area contributed by atoms with E-state index in [1.54, 1.807) is 44.2 Å². The number of benzene rings is 3. The van der Waals surface area contributed by atoms with E-state index in [1.165, 1.54) is 23.8 Å². The number of esters is 1. The third-order valence-electron chi connectivity index (χ3n) is 5.75. The van der Waals surface area contributed by atoms with Crippen molar-refractivity contribution in [3.8, 4) is 0 Å². The highest BCUT2D eigenvalue weighted by atomic mass is 35.5. The Bertz CT molecular complexity index is 1430. The van der Waals surface area contributed by atoms with Gasteiger partial charge in [-0.25, -0.2) is 9.69 Å². The van der Waals surface area contributed by atoms with E-state index >= 15 is 0 Å². The van der Waals surface area contributed by atoms with Crippen molar-refractivity contribution >= 4 is 52.4 Å². The lowest BCUT2D eigenvalue weighted by molar-refractivity contribution is -0.120. The van der Waals surface area contributed by atoms with Crippen molar-refractivity contribution in [2.45, 2.75) is 33.3 Å². The molecule has 2 N–H and O–H groups in total. The highest BCUT2D eigenvalue weighted by molar-refractivity contribution is 6.53. The van der Waals surface area contributed by atoms with Crippen molar-refractivity contribution < 1.29 is 23.9 Å². The van der Waals surface area contributed by atoms with E-state index in [0.717, 1.165) is 11.3 Å². The predicted molar refractivity (Wildman–Crippen MR) is 146 cm³/mol. The van der Waals surface area contributed by atoms with Gasteiger partial charge in [0, 0.05) is 16.9 Å². The first-order chi connectivity index (χ1) is 18.2. The van der Waals surface area contributed by atoms with Crippen LogP contribution in [-0.2, 0) is 20.7 Å². The quantitative estimate of drug-likeness (QED) is 0.294. The molecule has 0 spiro atoms. The Morgan fingerprint density at radius 1 is 0.895 bits per heavy atom. The Labute approximate surface area is 225 Å². The van der Waals surface area contributed by atoms with Gasteiger partial charge in [-0.1, -0.05) is 36.7 Å². The second kappa shape index (κ2) is 11.3. The largest absolute Gasteiger partial charge is 0.459 e. The van der Waals surface area contributed by atoms with E-state index in [1.807, 2.05) is 24.3 Å². The second-order valence-corrected chi connectivity index (χ2v) is 9.22. The van der Waals surface area contributed by atoms with Gasteiger partial charge in [0.05, 0.1) is 17.4 Å². The van der Waals surface area contributed by atoms with Crippen LogP contribution in [0.4, 0.5) is 17.1 Å². The molecule has 8 nitrogen and oxygen atoms in total. The number of carbonyl (C=O) groups excluding carboxylic acids is 4. The molecule has 3 aromatic carbocycles. The number of hydrogen-bond acceptors (Lipinski definition) is 6. The third kappa shape index (κ3) is 5.76. The summed E-state index contributed by atoms with van der Waals surface area (Å²) in [5.74, 6) is -2.25. The topological polar surface area (TPSA) is 105 Å². The summed E-state index contributed by atoms with van der Waals surface area (Å²) in [6.07, 6.45) is 0.590. The number of ether oxygens (including phenoxy) is 1. The van der Waals surface area contributed by atoms with Crippen LogP contribution in [0.15, 0.2) is 83.5 Å². The fourth-order valence-corrected chi connectivity index (χ4v) is 3.99. The van der Waals surface area contributed by atoms with Crippen LogP contribution in [0.3, 0.4) is 0 Å². The van der Waals surface area contributed by atoms with Crippen molar-refractivity contribution in [2.75, 3.05) is 15.5 Å². The molecule has 0 unspecified atom stereocenters. The number of nitrogens with one attached hydrogen (secondary N) is 2. The number of amides is 3. The van der Waals surface area contributed by atoms with Crippen LogP contribution in [0.5, 0.6) is 0 Å². The molecule has 0 aliphatic carbocycles. The van der Waals surface area contributed by atoms with Crippen LogP contribution >= 0.6 is 11.6 Å². The monoisotopic (exact) mass is 531 g/mol. The average Bonchev–Trinajstić information content (AvgIpc) is 3.12. The summed E-state index contributed by atoms with van der Waals surface area (Å²) in [4.78, 5) is 51.7. The zero-order valence-electron chi connectivity index (χ0n) is 21.1.